The molecule has 2 aliphatic heterocycles. The summed E-state index contributed by atoms with van der Waals surface area (Å²) in [5.74, 6) is 0.753. The average Bonchev–Trinajstić information content (AvgIpc) is 3.06. The van der Waals surface area contributed by atoms with Gasteiger partial charge >= 0.3 is 6.09 Å². The molecule has 2 rings (SSSR count). The smallest absolute Gasteiger partial charge is 0.410 e. The maximum Gasteiger partial charge on any atom is 0.410 e. The number of nitrogens with zero attached hydrogens (tertiary/aromatic N) is 2. The molecule has 0 aromatic rings. The fourth-order valence-electron chi connectivity index (χ4n) is 2.93. The van der Waals surface area contributed by atoms with Gasteiger partial charge in [-0.25, -0.2) is 4.79 Å². The third-order valence-corrected chi connectivity index (χ3v) is 4.10. The summed E-state index contributed by atoms with van der Waals surface area (Å²) in [5.41, 5.74) is -0.474. The highest BCUT2D eigenvalue weighted by Crippen LogP contribution is 2.34. The number of amides is 1. The molecule has 0 spiro atoms. The molecule has 2 fully saturated rings. The summed E-state index contributed by atoms with van der Waals surface area (Å²) in [6, 6.07) is 0.337. The van der Waals surface area contributed by atoms with Crippen LogP contribution in [0.1, 0.15) is 40.0 Å². The number of guanidine groups is 1. The lowest BCUT2D eigenvalue weighted by Crippen LogP contribution is -2.49. The monoisotopic (exact) mass is 326 g/mol. The van der Waals surface area contributed by atoms with Gasteiger partial charge in [0.05, 0.1) is 18.2 Å². The Hall–Kier alpha value is -1.50. The molecule has 7 heteroatoms. The SMILES string of the molecule is CN=C(NCCN(C)C(=O)OC(C)(C)C)NC1CC2CCC1O2. The molecule has 1 amide bonds. The number of carbonyl (C=O) groups excluding carboxylic acids is 1. The minimum Gasteiger partial charge on any atom is -0.444 e. The summed E-state index contributed by atoms with van der Waals surface area (Å²) < 4.78 is 11.2. The van der Waals surface area contributed by atoms with Crippen LogP contribution in [0.25, 0.3) is 0 Å². The number of rotatable bonds is 4. The maximum atomic E-state index is 11.9. The molecule has 0 saturated carbocycles. The Bertz CT molecular complexity index is 447. The van der Waals surface area contributed by atoms with Gasteiger partial charge < -0.3 is 25.0 Å². The maximum absolute atomic E-state index is 11.9. The highest BCUT2D eigenvalue weighted by Gasteiger charge is 2.41. The molecule has 23 heavy (non-hydrogen) atoms. The van der Waals surface area contributed by atoms with Gasteiger partial charge in [0.1, 0.15) is 5.60 Å². The van der Waals surface area contributed by atoms with E-state index < -0.39 is 5.60 Å². The van der Waals surface area contributed by atoms with E-state index in [0.717, 1.165) is 18.8 Å². The second-order valence-corrected chi connectivity index (χ2v) is 7.26. The van der Waals surface area contributed by atoms with E-state index >= 15 is 0 Å². The molecule has 3 atom stereocenters. The van der Waals surface area contributed by atoms with Gasteiger partial charge in [0.2, 0.25) is 0 Å². The molecule has 0 aromatic heterocycles. The minimum atomic E-state index is -0.474. The molecule has 2 saturated heterocycles. The molecular formula is C16H30N4O3. The second-order valence-electron chi connectivity index (χ2n) is 7.26. The Labute approximate surface area is 138 Å². The molecule has 0 radical (unpaired) electrons. The Balaban J connectivity index is 1.68. The summed E-state index contributed by atoms with van der Waals surface area (Å²) in [6.07, 6.45) is 3.75. The fraction of sp³-hybridized carbons (Fsp3) is 0.875. The largest absolute Gasteiger partial charge is 0.444 e. The van der Waals surface area contributed by atoms with E-state index in [1.165, 1.54) is 6.42 Å². The summed E-state index contributed by atoms with van der Waals surface area (Å²) in [6.45, 7) is 6.74. The minimum absolute atomic E-state index is 0.308. The molecule has 2 aliphatic rings. The number of hydrogen-bond donors (Lipinski definition) is 2. The first-order valence-electron chi connectivity index (χ1n) is 8.35. The van der Waals surface area contributed by atoms with Crippen molar-refractivity contribution in [3.8, 4) is 0 Å². The van der Waals surface area contributed by atoms with Crippen molar-refractivity contribution in [1.29, 1.82) is 0 Å². The molecule has 2 N–H and O–H groups in total. The van der Waals surface area contributed by atoms with E-state index in [2.05, 4.69) is 15.6 Å². The van der Waals surface area contributed by atoms with Gasteiger partial charge in [-0.3, -0.25) is 4.99 Å². The molecule has 7 nitrogen and oxygen atoms in total. The number of hydrogen-bond acceptors (Lipinski definition) is 4. The van der Waals surface area contributed by atoms with E-state index in [9.17, 15) is 4.79 Å². The van der Waals surface area contributed by atoms with E-state index in [1.54, 1.807) is 19.0 Å². The summed E-state index contributed by atoms with van der Waals surface area (Å²) in [5, 5.41) is 6.66. The van der Waals surface area contributed by atoms with Crippen LogP contribution in [-0.2, 0) is 9.47 Å². The molecule has 132 valence electrons. The number of aliphatic imine (C=N–C) groups is 1. The van der Waals surface area contributed by atoms with Crippen LogP contribution in [0.4, 0.5) is 4.79 Å². The zero-order chi connectivity index (χ0) is 17.0. The van der Waals surface area contributed by atoms with Gasteiger partial charge in [-0.15, -0.1) is 0 Å². The zero-order valence-electron chi connectivity index (χ0n) is 14.9. The van der Waals surface area contributed by atoms with E-state index in [-0.39, 0.29) is 6.09 Å². The van der Waals surface area contributed by atoms with Gasteiger partial charge in [0.25, 0.3) is 0 Å². The van der Waals surface area contributed by atoms with Gasteiger partial charge in [-0.2, -0.15) is 0 Å². The van der Waals surface area contributed by atoms with Crippen LogP contribution in [0, 0.1) is 0 Å². The molecule has 0 aromatic carbocycles. The molecule has 3 unspecified atom stereocenters. The molecule has 2 heterocycles. The third kappa shape index (κ3) is 5.27. The number of nitrogens with one attached hydrogen (secondary N) is 2. The van der Waals surface area contributed by atoms with Crippen molar-refractivity contribution < 1.29 is 14.3 Å². The van der Waals surface area contributed by atoms with Gasteiger partial charge in [-0.05, 0) is 40.0 Å². The fourth-order valence-corrected chi connectivity index (χ4v) is 2.93. The number of likely N-dealkylation sites (N-methyl/N-ethyl adjacent to an activating group) is 1. The molecule has 2 bridgehead atoms. The Morgan fingerprint density at radius 2 is 2.13 bits per heavy atom. The third-order valence-electron chi connectivity index (χ3n) is 4.10. The Morgan fingerprint density at radius 3 is 2.65 bits per heavy atom. The first-order valence-corrected chi connectivity index (χ1v) is 8.35. The lowest BCUT2D eigenvalue weighted by Gasteiger charge is -2.25. The van der Waals surface area contributed by atoms with Crippen molar-refractivity contribution in [2.24, 2.45) is 4.99 Å². The summed E-state index contributed by atoms with van der Waals surface area (Å²) in [7, 11) is 3.48. The first-order chi connectivity index (χ1) is 10.8. The van der Waals surface area contributed by atoms with Crippen molar-refractivity contribution in [3.63, 3.8) is 0 Å². The predicted octanol–water partition coefficient (Wildman–Crippen LogP) is 1.34. The molecular weight excluding hydrogens is 296 g/mol. The van der Waals surface area contributed by atoms with E-state index in [4.69, 9.17) is 9.47 Å². The summed E-state index contributed by atoms with van der Waals surface area (Å²) in [4.78, 5) is 17.7. The van der Waals surface area contributed by atoms with Crippen molar-refractivity contribution in [3.05, 3.63) is 0 Å². The Morgan fingerprint density at radius 1 is 1.39 bits per heavy atom. The van der Waals surface area contributed by atoms with Gasteiger partial charge in [0.15, 0.2) is 5.96 Å². The van der Waals surface area contributed by atoms with Crippen LogP contribution < -0.4 is 10.6 Å². The second kappa shape index (κ2) is 7.38. The number of ether oxygens (including phenoxy) is 2. The predicted molar refractivity (Wildman–Crippen MR) is 89.7 cm³/mol. The van der Waals surface area contributed by atoms with E-state index in [1.807, 2.05) is 20.8 Å². The number of carbonyl (C=O) groups is 1. The van der Waals surface area contributed by atoms with Crippen molar-refractivity contribution in [1.82, 2.24) is 15.5 Å². The normalized spacial score (nSPS) is 27.0. The van der Waals surface area contributed by atoms with Crippen LogP contribution in [0.5, 0.6) is 0 Å². The highest BCUT2D eigenvalue weighted by atomic mass is 16.6. The van der Waals surface area contributed by atoms with Gasteiger partial charge in [-0.1, -0.05) is 0 Å². The van der Waals surface area contributed by atoms with Crippen LogP contribution in [0.15, 0.2) is 4.99 Å². The highest BCUT2D eigenvalue weighted by molar-refractivity contribution is 5.80. The average molecular weight is 326 g/mol. The quantitative estimate of drug-likeness (QED) is 0.602. The van der Waals surface area contributed by atoms with E-state index in [0.29, 0.717) is 31.3 Å². The lowest BCUT2D eigenvalue weighted by atomic mass is 9.96. The Kier molecular flexibility index (Phi) is 5.73. The van der Waals surface area contributed by atoms with Crippen molar-refractivity contribution in [2.75, 3.05) is 27.2 Å². The van der Waals surface area contributed by atoms with Crippen LogP contribution in [0.2, 0.25) is 0 Å². The van der Waals surface area contributed by atoms with Crippen molar-refractivity contribution in [2.45, 2.75) is 63.9 Å². The van der Waals surface area contributed by atoms with Crippen molar-refractivity contribution >= 4 is 12.1 Å². The molecule has 0 aliphatic carbocycles. The van der Waals surface area contributed by atoms with Gasteiger partial charge in [0, 0.05) is 27.2 Å². The standard InChI is InChI=1S/C16H30N4O3/c1-16(2,3)23-15(21)20(5)9-8-18-14(17-4)19-12-10-11-6-7-13(12)22-11/h11-13H,6-10H2,1-5H3,(H2,17,18,19). The zero-order valence-corrected chi connectivity index (χ0v) is 14.9. The van der Waals surface area contributed by atoms with Crippen LogP contribution >= 0.6 is 0 Å². The topological polar surface area (TPSA) is 75.2 Å². The van der Waals surface area contributed by atoms with Crippen LogP contribution in [-0.4, -0.2) is 68.0 Å². The summed E-state index contributed by atoms with van der Waals surface area (Å²) >= 11 is 0. The van der Waals surface area contributed by atoms with Crippen LogP contribution in [0.3, 0.4) is 0 Å². The lowest BCUT2D eigenvalue weighted by molar-refractivity contribution is 0.0302. The number of fused-ring (bicyclic) bond motifs is 2. The first kappa shape index (κ1) is 17.8.